The molecule has 0 unspecified atom stereocenters. The number of ether oxygens (including phenoxy) is 3. The van der Waals surface area contributed by atoms with E-state index in [4.69, 9.17) is 4.74 Å². The van der Waals surface area contributed by atoms with Crippen LogP contribution in [-0.4, -0.2) is 24.3 Å². The van der Waals surface area contributed by atoms with Gasteiger partial charge in [-0.25, -0.2) is 0 Å². The summed E-state index contributed by atoms with van der Waals surface area (Å²) >= 11 is 0. The van der Waals surface area contributed by atoms with Crippen LogP contribution in [0.1, 0.15) is 15.9 Å². The zero-order chi connectivity index (χ0) is 21.1. The molecule has 0 spiro atoms. The predicted octanol–water partition coefficient (Wildman–Crippen LogP) is 4.28. The molecule has 1 amide bonds. The molecule has 7 nitrogen and oxygen atoms in total. The predicted molar refractivity (Wildman–Crippen MR) is 105 cm³/mol. The summed E-state index contributed by atoms with van der Waals surface area (Å²) in [5.41, 5.74) is 2.08. The summed E-state index contributed by atoms with van der Waals surface area (Å²) in [5, 5.41) is 5.89. The maximum absolute atomic E-state index is 13.2. The third kappa shape index (κ3) is 4.09. The van der Waals surface area contributed by atoms with Crippen LogP contribution in [0.2, 0.25) is 0 Å². The molecule has 4 rings (SSSR count). The summed E-state index contributed by atoms with van der Waals surface area (Å²) < 4.78 is 40.6. The van der Waals surface area contributed by atoms with Crippen LogP contribution in [0.15, 0.2) is 60.9 Å². The number of hydrogen-bond donors (Lipinski definition) is 2. The van der Waals surface area contributed by atoms with E-state index >= 15 is 0 Å². The van der Waals surface area contributed by atoms with Gasteiger partial charge in [0.1, 0.15) is 11.3 Å². The number of pyridine rings is 1. The number of amides is 1. The molecule has 0 bridgehead atoms. The Kier molecular flexibility index (Phi) is 5.09. The Morgan fingerprint density at radius 3 is 2.63 bits per heavy atom. The largest absolute Gasteiger partial charge is 0.586 e. The molecule has 9 heteroatoms. The van der Waals surface area contributed by atoms with Crippen LogP contribution >= 0.6 is 0 Å². The molecule has 154 valence electrons. The summed E-state index contributed by atoms with van der Waals surface area (Å²) in [4.78, 5) is 17.0. The number of rotatable bonds is 6. The standard InChI is InChI=1S/C21H17F2N3O4/c1-28-17-4-2-3-15(25-12-13-7-9-24-10-8-13)19(17)20(27)26-14-5-6-16-18(11-14)30-21(22,23)29-16/h2-11,25H,12H2,1H3,(H,26,27). The minimum absolute atomic E-state index is 0.102. The summed E-state index contributed by atoms with van der Waals surface area (Å²) in [6.45, 7) is 0.467. The smallest absolute Gasteiger partial charge is 0.496 e. The van der Waals surface area contributed by atoms with Crippen LogP contribution < -0.4 is 24.8 Å². The highest BCUT2D eigenvalue weighted by atomic mass is 19.3. The highest BCUT2D eigenvalue weighted by molar-refractivity contribution is 6.10. The Hall–Kier alpha value is -3.88. The zero-order valence-electron chi connectivity index (χ0n) is 15.8. The summed E-state index contributed by atoms with van der Waals surface area (Å²) in [6.07, 6.45) is -0.365. The van der Waals surface area contributed by atoms with E-state index in [1.165, 1.54) is 25.3 Å². The number of alkyl halides is 2. The van der Waals surface area contributed by atoms with Crippen LogP contribution in [0.25, 0.3) is 0 Å². The molecule has 2 heterocycles. The normalized spacial score (nSPS) is 13.6. The Balaban J connectivity index is 1.56. The first kappa shape index (κ1) is 19.4. The van der Waals surface area contributed by atoms with Gasteiger partial charge < -0.3 is 24.8 Å². The molecular formula is C21H17F2N3O4. The van der Waals surface area contributed by atoms with E-state index in [2.05, 4.69) is 25.1 Å². The lowest BCUT2D eigenvalue weighted by Crippen LogP contribution is -2.25. The lowest BCUT2D eigenvalue weighted by molar-refractivity contribution is -0.286. The van der Waals surface area contributed by atoms with Crippen molar-refractivity contribution in [3.05, 3.63) is 72.1 Å². The fourth-order valence-electron chi connectivity index (χ4n) is 3.00. The fourth-order valence-corrected chi connectivity index (χ4v) is 3.00. The molecule has 0 fully saturated rings. The quantitative estimate of drug-likeness (QED) is 0.628. The van der Waals surface area contributed by atoms with Crippen molar-refractivity contribution in [3.63, 3.8) is 0 Å². The Labute approximate surface area is 170 Å². The van der Waals surface area contributed by atoms with E-state index in [9.17, 15) is 13.6 Å². The van der Waals surface area contributed by atoms with E-state index in [1.807, 2.05) is 12.1 Å². The van der Waals surface area contributed by atoms with Gasteiger partial charge in [0.2, 0.25) is 0 Å². The molecule has 1 aliphatic rings. The molecule has 30 heavy (non-hydrogen) atoms. The first-order valence-electron chi connectivity index (χ1n) is 8.96. The average Bonchev–Trinajstić information content (AvgIpc) is 3.05. The van der Waals surface area contributed by atoms with Gasteiger partial charge in [-0.15, -0.1) is 8.78 Å². The van der Waals surface area contributed by atoms with Gasteiger partial charge in [-0.1, -0.05) is 6.07 Å². The molecule has 1 aromatic heterocycles. The maximum atomic E-state index is 13.2. The SMILES string of the molecule is COc1cccc(NCc2ccncc2)c1C(=O)Nc1ccc2c(c1)OC(F)(F)O2. The average molecular weight is 413 g/mol. The monoisotopic (exact) mass is 413 g/mol. The van der Waals surface area contributed by atoms with E-state index in [1.54, 1.807) is 30.6 Å². The molecule has 0 saturated heterocycles. The van der Waals surface area contributed by atoms with Crippen molar-refractivity contribution in [2.75, 3.05) is 17.7 Å². The molecule has 0 aliphatic carbocycles. The van der Waals surface area contributed by atoms with E-state index < -0.39 is 12.2 Å². The second kappa shape index (κ2) is 7.86. The van der Waals surface area contributed by atoms with Gasteiger partial charge in [-0.05, 0) is 42.0 Å². The highest BCUT2D eigenvalue weighted by Crippen LogP contribution is 2.42. The molecule has 0 saturated carbocycles. The number of carbonyl (C=O) groups excluding carboxylic acids is 1. The van der Waals surface area contributed by atoms with Gasteiger partial charge >= 0.3 is 6.29 Å². The van der Waals surface area contributed by atoms with E-state index in [0.717, 1.165) is 5.56 Å². The summed E-state index contributed by atoms with van der Waals surface area (Å²) in [7, 11) is 1.46. The molecule has 2 aromatic carbocycles. The van der Waals surface area contributed by atoms with Crippen molar-refractivity contribution in [2.24, 2.45) is 0 Å². The molecule has 0 atom stereocenters. The van der Waals surface area contributed by atoms with E-state index in [-0.39, 0.29) is 22.7 Å². The second-order valence-corrected chi connectivity index (χ2v) is 6.37. The van der Waals surface area contributed by atoms with Crippen molar-refractivity contribution < 1.29 is 27.8 Å². The second-order valence-electron chi connectivity index (χ2n) is 6.37. The number of benzene rings is 2. The van der Waals surface area contributed by atoms with E-state index in [0.29, 0.717) is 18.0 Å². The number of anilines is 2. The van der Waals surface area contributed by atoms with Crippen molar-refractivity contribution in [1.82, 2.24) is 4.98 Å². The number of nitrogens with one attached hydrogen (secondary N) is 2. The van der Waals surface area contributed by atoms with Gasteiger partial charge in [-0.3, -0.25) is 9.78 Å². The first-order chi connectivity index (χ1) is 14.4. The fraction of sp³-hybridized carbons (Fsp3) is 0.143. The number of carbonyl (C=O) groups is 1. The molecule has 3 aromatic rings. The van der Waals surface area contributed by atoms with Gasteiger partial charge in [0.05, 0.1) is 12.8 Å². The lowest BCUT2D eigenvalue weighted by atomic mass is 10.1. The lowest BCUT2D eigenvalue weighted by Gasteiger charge is -2.15. The minimum Gasteiger partial charge on any atom is -0.496 e. The first-order valence-corrected chi connectivity index (χ1v) is 8.96. The van der Waals surface area contributed by atoms with Crippen molar-refractivity contribution >= 4 is 17.3 Å². The Bertz CT molecular complexity index is 1080. The van der Waals surface area contributed by atoms with Gasteiger partial charge in [0.25, 0.3) is 5.91 Å². The number of fused-ring (bicyclic) bond motifs is 1. The number of hydrogen-bond acceptors (Lipinski definition) is 6. The number of methoxy groups -OCH3 is 1. The number of aromatic nitrogens is 1. The van der Waals surface area contributed by atoms with Gasteiger partial charge in [-0.2, -0.15) is 0 Å². The topological polar surface area (TPSA) is 81.7 Å². The molecule has 2 N–H and O–H groups in total. The molecule has 0 radical (unpaired) electrons. The van der Waals surface area contributed by atoms with Crippen LogP contribution in [0, 0.1) is 0 Å². The minimum atomic E-state index is -3.72. The van der Waals surface area contributed by atoms with Crippen LogP contribution in [0.4, 0.5) is 20.2 Å². The Morgan fingerprint density at radius 1 is 1.10 bits per heavy atom. The highest BCUT2D eigenvalue weighted by Gasteiger charge is 2.43. The summed E-state index contributed by atoms with van der Waals surface area (Å²) in [5.74, 6) is -0.376. The Morgan fingerprint density at radius 2 is 1.87 bits per heavy atom. The van der Waals surface area contributed by atoms with Crippen LogP contribution in [0.3, 0.4) is 0 Å². The third-order valence-corrected chi connectivity index (χ3v) is 4.36. The van der Waals surface area contributed by atoms with Crippen LogP contribution in [-0.2, 0) is 6.54 Å². The molecule has 1 aliphatic heterocycles. The maximum Gasteiger partial charge on any atom is 0.586 e. The number of halogens is 2. The number of nitrogens with zero attached hydrogens (tertiary/aromatic N) is 1. The van der Waals surface area contributed by atoms with Gasteiger partial charge in [0.15, 0.2) is 11.5 Å². The van der Waals surface area contributed by atoms with Crippen molar-refractivity contribution in [2.45, 2.75) is 12.8 Å². The summed E-state index contributed by atoms with van der Waals surface area (Å²) in [6, 6.07) is 12.9. The van der Waals surface area contributed by atoms with Crippen molar-refractivity contribution in [1.29, 1.82) is 0 Å². The third-order valence-electron chi connectivity index (χ3n) is 4.36. The zero-order valence-corrected chi connectivity index (χ0v) is 15.8. The molecular weight excluding hydrogens is 396 g/mol. The van der Waals surface area contributed by atoms with Crippen molar-refractivity contribution in [3.8, 4) is 17.2 Å². The van der Waals surface area contributed by atoms with Crippen LogP contribution in [0.5, 0.6) is 17.2 Å². The van der Waals surface area contributed by atoms with Gasteiger partial charge in [0, 0.05) is 30.7 Å².